The number of aliphatic hydroxyl groups is 1. The Hall–Kier alpha value is -5.40. The van der Waals surface area contributed by atoms with Crippen LogP contribution in [0.2, 0.25) is 0 Å². The number of rotatable bonds is 14. The molecular formula is C36H37N5O12S2. The molecule has 2 fully saturated rings. The second-order valence-electron chi connectivity index (χ2n) is 13.3. The summed E-state index contributed by atoms with van der Waals surface area (Å²) in [6.07, 6.45) is -0.902. The summed E-state index contributed by atoms with van der Waals surface area (Å²) in [7, 11) is 0. The summed E-state index contributed by atoms with van der Waals surface area (Å²) in [5.41, 5.74) is 1.04. The van der Waals surface area contributed by atoms with Crippen molar-refractivity contribution in [1.29, 1.82) is 0 Å². The number of hydrogen-bond acceptors (Lipinski definition) is 15. The number of carbonyl (C=O) groups is 4. The summed E-state index contributed by atoms with van der Waals surface area (Å²) in [6.45, 7) is 5.10. The molecule has 2 amide bonds. The molecule has 3 aromatic rings. The quantitative estimate of drug-likeness (QED) is 0.0746. The number of non-ortho nitro benzene ring substituents is 2. The molecule has 2 saturated heterocycles. The fourth-order valence-electron chi connectivity index (χ4n) is 7.00. The van der Waals surface area contributed by atoms with Crippen molar-refractivity contribution in [2.45, 2.75) is 70.3 Å². The molecule has 2 unspecified atom stereocenters. The lowest BCUT2D eigenvalue weighted by molar-refractivity contribution is -0.385. The number of fused-ring (bicyclic) bond motifs is 1. The van der Waals surface area contributed by atoms with Crippen LogP contribution in [0.4, 0.5) is 16.2 Å². The molecule has 0 spiro atoms. The highest BCUT2D eigenvalue weighted by Gasteiger charge is 2.60. The largest absolute Gasteiger partial charge is 0.461 e. The molecule has 3 aliphatic heterocycles. The van der Waals surface area contributed by atoms with E-state index in [0.29, 0.717) is 27.5 Å². The lowest BCUT2D eigenvalue weighted by Gasteiger charge is -2.46. The third-order valence-corrected chi connectivity index (χ3v) is 12.0. The van der Waals surface area contributed by atoms with Crippen molar-refractivity contribution in [2.24, 2.45) is 11.8 Å². The molecule has 0 aliphatic carbocycles. The number of nitro groups is 2. The molecule has 2 aromatic carbocycles. The number of aliphatic hydroxyl groups excluding tert-OH is 1. The second-order valence-corrected chi connectivity index (χ2v) is 15.6. The van der Waals surface area contributed by atoms with Crippen molar-refractivity contribution < 1.29 is 48.3 Å². The smallest absolute Gasteiger partial charge is 0.410 e. The maximum Gasteiger partial charge on any atom is 0.410 e. The average Bonchev–Trinajstić information content (AvgIpc) is 3.85. The number of thiazole rings is 1. The van der Waals surface area contributed by atoms with Gasteiger partial charge in [-0.05, 0) is 55.7 Å². The number of thioether (sulfide) groups is 1. The van der Waals surface area contributed by atoms with Crippen LogP contribution in [0.1, 0.15) is 53.8 Å². The molecule has 290 valence electrons. The number of likely N-dealkylation sites (tertiary alicyclic amines) is 1. The first-order valence-electron chi connectivity index (χ1n) is 17.4. The van der Waals surface area contributed by atoms with Crippen molar-refractivity contribution in [3.05, 3.63) is 107 Å². The van der Waals surface area contributed by atoms with Crippen LogP contribution < -0.4 is 0 Å². The fraction of sp³-hybridized carbons (Fsp3) is 0.417. The van der Waals surface area contributed by atoms with Gasteiger partial charge in [-0.25, -0.2) is 19.4 Å². The third-order valence-electron chi connectivity index (χ3n) is 9.68. The van der Waals surface area contributed by atoms with E-state index in [9.17, 15) is 44.5 Å². The van der Waals surface area contributed by atoms with E-state index in [1.807, 2.05) is 6.92 Å². The van der Waals surface area contributed by atoms with Crippen LogP contribution in [0.5, 0.6) is 0 Å². The molecule has 6 rings (SSSR count). The van der Waals surface area contributed by atoms with Gasteiger partial charge in [-0.1, -0.05) is 6.92 Å². The molecule has 3 aliphatic rings. The molecule has 4 heterocycles. The highest BCUT2D eigenvalue weighted by atomic mass is 32.2. The number of hydrogen-bond donors (Lipinski definition) is 1. The molecule has 1 N–H and O–H groups in total. The Morgan fingerprint density at radius 2 is 1.58 bits per heavy atom. The van der Waals surface area contributed by atoms with Crippen molar-refractivity contribution in [3.8, 4) is 0 Å². The van der Waals surface area contributed by atoms with Crippen molar-refractivity contribution in [1.82, 2.24) is 14.8 Å². The molecule has 55 heavy (non-hydrogen) atoms. The average molecular weight is 796 g/mol. The molecule has 0 bridgehead atoms. The van der Waals surface area contributed by atoms with Gasteiger partial charge in [-0.2, -0.15) is 0 Å². The van der Waals surface area contributed by atoms with Crippen LogP contribution in [0, 0.1) is 32.1 Å². The summed E-state index contributed by atoms with van der Waals surface area (Å²) in [5, 5.41) is 34.5. The summed E-state index contributed by atoms with van der Waals surface area (Å²) >= 11 is 2.59. The minimum Gasteiger partial charge on any atom is -0.461 e. The summed E-state index contributed by atoms with van der Waals surface area (Å²) < 4.78 is 16.4. The highest BCUT2D eigenvalue weighted by Crippen LogP contribution is 2.52. The van der Waals surface area contributed by atoms with E-state index in [4.69, 9.17) is 14.2 Å². The van der Waals surface area contributed by atoms with Crippen LogP contribution >= 0.6 is 23.1 Å². The lowest BCUT2D eigenvalue weighted by atomic mass is 9.79. The molecule has 17 nitrogen and oxygen atoms in total. The molecule has 19 heteroatoms. The van der Waals surface area contributed by atoms with Gasteiger partial charge in [0, 0.05) is 64.7 Å². The van der Waals surface area contributed by atoms with Crippen LogP contribution in [0.25, 0.3) is 0 Å². The van der Waals surface area contributed by atoms with Crippen LogP contribution in [-0.4, -0.2) is 90.3 Å². The van der Waals surface area contributed by atoms with E-state index >= 15 is 0 Å². The predicted octanol–water partition coefficient (Wildman–Crippen LogP) is 5.00. The number of nitrogens with zero attached hydrogens (tertiary/aromatic N) is 5. The predicted molar refractivity (Wildman–Crippen MR) is 196 cm³/mol. The topological polar surface area (TPSA) is 222 Å². The first-order chi connectivity index (χ1) is 26.3. The zero-order valence-electron chi connectivity index (χ0n) is 29.9. The number of esters is 2. The summed E-state index contributed by atoms with van der Waals surface area (Å²) in [5.74, 6) is -2.83. The number of aromatic nitrogens is 1. The highest BCUT2D eigenvalue weighted by molar-refractivity contribution is 8.03. The van der Waals surface area contributed by atoms with Gasteiger partial charge in [0.2, 0.25) is 5.91 Å². The number of amides is 2. The number of nitro benzene ring substituents is 2. The van der Waals surface area contributed by atoms with Crippen molar-refractivity contribution >= 4 is 58.4 Å². The van der Waals surface area contributed by atoms with Crippen LogP contribution in [0.3, 0.4) is 0 Å². The molecule has 0 saturated carbocycles. The maximum absolute atomic E-state index is 13.8. The Labute approximate surface area is 322 Å². The number of carbonyl (C=O) groups excluding carboxylic acids is 4. The van der Waals surface area contributed by atoms with Crippen molar-refractivity contribution in [2.75, 3.05) is 13.2 Å². The minimum absolute atomic E-state index is 0.0565. The third kappa shape index (κ3) is 8.32. The Morgan fingerprint density at radius 1 is 0.982 bits per heavy atom. The Balaban J connectivity index is 1.23. The molecule has 6 atom stereocenters. The Morgan fingerprint density at radius 3 is 2.15 bits per heavy atom. The Kier molecular flexibility index (Phi) is 11.8. The van der Waals surface area contributed by atoms with Gasteiger partial charge in [0.15, 0.2) is 5.69 Å². The minimum atomic E-state index is -0.965. The summed E-state index contributed by atoms with van der Waals surface area (Å²) in [6, 6.07) is 10.2. The van der Waals surface area contributed by atoms with E-state index in [1.54, 1.807) is 17.2 Å². The number of benzene rings is 2. The first-order valence-corrected chi connectivity index (χ1v) is 19.1. The first kappa shape index (κ1) is 39.3. The second kappa shape index (κ2) is 16.5. The normalized spacial score (nSPS) is 22.2. The van der Waals surface area contributed by atoms with E-state index in [0.717, 1.165) is 0 Å². The monoisotopic (exact) mass is 795 g/mol. The molecule has 1 aromatic heterocycles. The van der Waals surface area contributed by atoms with Gasteiger partial charge < -0.3 is 29.1 Å². The van der Waals surface area contributed by atoms with E-state index in [1.165, 1.54) is 83.5 Å². The van der Waals surface area contributed by atoms with Gasteiger partial charge in [0.25, 0.3) is 11.4 Å². The van der Waals surface area contributed by atoms with Gasteiger partial charge in [0.1, 0.15) is 18.9 Å². The van der Waals surface area contributed by atoms with E-state index in [2.05, 4.69) is 4.98 Å². The maximum atomic E-state index is 13.8. The van der Waals surface area contributed by atoms with E-state index in [-0.39, 0.29) is 66.7 Å². The van der Waals surface area contributed by atoms with Gasteiger partial charge in [0.05, 0.1) is 39.5 Å². The molecular weight excluding hydrogens is 759 g/mol. The molecule has 0 radical (unpaired) electrons. The van der Waals surface area contributed by atoms with Gasteiger partial charge in [-0.15, -0.1) is 23.1 Å². The van der Waals surface area contributed by atoms with Gasteiger partial charge >= 0.3 is 18.0 Å². The fourth-order valence-corrected chi connectivity index (χ4v) is 9.40. The van der Waals surface area contributed by atoms with Crippen LogP contribution in [-0.2, 0) is 43.4 Å². The number of β-lactam (4-membered cyclic amide) rings is 1. The van der Waals surface area contributed by atoms with E-state index < -0.39 is 57.9 Å². The van der Waals surface area contributed by atoms with Crippen molar-refractivity contribution in [3.63, 3.8) is 0 Å². The van der Waals surface area contributed by atoms with Gasteiger partial charge in [-0.3, -0.25) is 25.0 Å². The number of ether oxygens (including phenoxy) is 3. The SMILES string of the molecule is CCOC(=O)c1csc(C[C@@H]2C[C@H](SC3=C(C(=O)OCc4ccc([N+](=O)[O-])cc4)N4C(=O)C([C@@H](C)O)C4[C@H]3C)CN2C(=O)OCc2ccc([N+](=O)[O-])cc2)n1. The van der Waals surface area contributed by atoms with Crippen LogP contribution in [0.15, 0.2) is 64.5 Å². The lowest BCUT2D eigenvalue weighted by Crippen LogP contribution is -2.63. The summed E-state index contributed by atoms with van der Waals surface area (Å²) in [4.78, 5) is 82.1. The zero-order valence-corrected chi connectivity index (χ0v) is 31.5. The Bertz CT molecular complexity index is 2020. The zero-order chi connectivity index (χ0) is 39.6. The standard InChI is InChI=1S/C36H37N5O12S2/c1-4-51-34(44)27-18-54-28(37-27)14-25-13-26(15-38(25)36(46)53-17-22-7-11-24(12-8-22)41(49)50)55-32-19(2)30-29(20(3)42)33(43)39(30)31(32)35(45)52-16-21-5-9-23(10-6-21)40(47)48/h5-12,18-20,25-26,29-30,42H,4,13-17H2,1-3H3/t19-,20-,25+,26+,29?,30?/m1/s1.